The van der Waals surface area contributed by atoms with Crippen molar-refractivity contribution in [1.29, 1.82) is 0 Å². The maximum absolute atomic E-state index is 10.6. The van der Waals surface area contributed by atoms with Gasteiger partial charge in [-0.25, -0.2) is 4.79 Å². The molecule has 0 aliphatic heterocycles. The zero-order chi connectivity index (χ0) is 6.69. The van der Waals surface area contributed by atoms with Gasteiger partial charge in [0.1, 0.15) is 0 Å². The number of pyridine rings is 1. The molecule has 3 N–H and O–H groups in total. The Kier molecular flexibility index (Phi) is 13.0. The van der Waals surface area contributed by atoms with E-state index in [0.29, 0.717) is 0 Å². The van der Waals surface area contributed by atoms with E-state index in [4.69, 9.17) is 0 Å². The maximum atomic E-state index is 10.6. The molecule has 0 saturated carbocycles. The summed E-state index contributed by atoms with van der Waals surface area (Å²) in [7, 11) is 0. The van der Waals surface area contributed by atoms with Gasteiger partial charge in [-0.05, 0) is 0 Å². The molecule has 1 heterocycles. The molecule has 3 nitrogen and oxygen atoms in total. The van der Waals surface area contributed by atoms with E-state index in [1.807, 2.05) is 18.2 Å². The number of carbonyl (C=O) groups excluding carboxylic acids is 1. The van der Waals surface area contributed by atoms with E-state index in [2.05, 4.69) is 0 Å². The number of nitrogens with zero attached hydrogens (tertiary/aromatic N) is 1. The average Bonchev–Trinajstić information content (AvgIpc) is 1.90. The highest BCUT2D eigenvalue weighted by molar-refractivity contribution is 8.93. The van der Waals surface area contributed by atoms with Crippen LogP contribution in [0, 0.1) is 0 Å². The minimum Gasteiger partial charge on any atom is -1.00 e. The molecule has 0 spiro atoms. The van der Waals surface area contributed by atoms with E-state index in [1.165, 1.54) is 11.5 Å². The van der Waals surface area contributed by atoms with Crippen molar-refractivity contribution in [3.63, 3.8) is 0 Å². The Hall–Kier alpha value is -0.260. The molecule has 12 heavy (non-hydrogen) atoms. The number of halogens is 2. The number of rotatable bonds is 0. The lowest BCUT2D eigenvalue weighted by Gasteiger charge is -1.83. The van der Waals surface area contributed by atoms with Crippen molar-refractivity contribution in [1.82, 2.24) is 6.15 Å². The van der Waals surface area contributed by atoms with Crippen LogP contribution in [0.1, 0.15) is 11.7 Å². The van der Waals surface area contributed by atoms with Crippen LogP contribution in [-0.4, -0.2) is 5.91 Å². The van der Waals surface area contributed by atoms with Gasteiger partial charge < -0.3 is 23.1 Å². The van der Waals surface area contributed by atoms with Gasteiger partial charge in [-0.15, -0.1) is 21.5 Å². The quantitative estimate of drug-likeness (QED) is 0.586. The molecule has 0 aromatic carbocycles. The van der Waals surface area contributed by atoms with Crippen molar-refractivity contribution in [3.8, 4) is 0 Å². The topological polar surface area (TPSA) is 56.0 Å². The van der Waals surface area contributed by atoms with E-state index < -0.39 is 0 Å². The molecule has 1 aromatic rings. The van der Waals surface area contributed by atoms with Crippen LogP contribution in [0.2, 0.25) is 0 Å². The fraction of sp³-hybridized carbons (Fsp3) is 0.143. The predicted molar refractivity (Wildman–Crippen MR) is 48.3 cm³/mol. The third-order valence-corrected chi connectivity index (χ3v) is 1.08. The van der Waals surface area contributed by atoms with Crippen LogP contribution < -0.4 is 27.7 Å². The Morgan fingerprint density at radius 2 is 1.58 bits per heavy atom. The Morgan fingerprint density at radius 1 is 1.17 bits per heavy atom. The second-order valence-corrected chi connectivity index (χ2v) is 1.80. The first-order valence-corrected chi connectivity index (χ1v) is 2.78. The van der Waals surface area contributed by atoms with Gasteiger partial charge in [0, 0.05) is 12.1 Å². The first-order chi connectivity index (χ1) is 4.30. The van der Waals surface area contributed by atoms with Gasteiger partial charge in [-0.2, -0.15) is 0 Å². The molecule has 1 rings (SSSR count). The minimum absolute atomic E-state index is 0. The highest BCUT2D eigenvalue weighted by Crippen LogP contribution is 1.75. The standard InChI is InChI=1S/C7H8NO.2BrH.H3N/c1-7(9)8-5-3-2-4-6-8;;;/h2-6H,1H3;2*1H;1H3/q+1;;;/p-1. The molecule has 5 heteroatoms. The average molecular weight is 300 g/mol. The maximum Gasteiger partial charge on any atom is 0.389 e. The Balaban J connectivity index is -0.000000270. The van der Waals surface area contributed by atoms with Crippen LogP contribution in [0.5, 0.6) is 0 Å². The monoisotopic (exact) mass is 298 g/mol. The summed E-state index contributed by atoms with van der Waals surface area (Å²) in [6, 6.07) is 5.52. The highest BCUT2D eigenvalue weighted by Gasteiger charge is 2.01. The lowest BCUT2D eigenvalue weighted by Crippen LogP contribution is -3.00. The number of carbonyl (C=O) groups is 1. The molecule has 0 aliphatic carbocycles. The summed E-state index contributed by atoms with van der Waals surface area (Å²) in [5.41, 5.74) is 0. The van der Waals surface area contributed by atoms with Gasteiger partial charge in [-0.1, -0.05) is 6.07 Å². The number of hydrogen-bond acceptors (Lipinski definition) is 2. The molecule has 0 amide bonds. The van der Waals surface area contributed by atoms with Crippen molar-refractivity contribution in [2.75, 3.05) is 0 Å². The third-order valence-electron chi connectivity index (χ3n) is 1.08. The van der Waals surface area contributed by atoms with Crippen LogP contribution in [0.4, 0.5) is 0 Å². The Morgan fingerprint density at radius 3 is 1.83 bits per heavy atom. The van der Waals surface area contributed by atoms with Gasteiger partial charge in [0.2, 0.25) is 0 Å². The smallest absolute Gasteiger partial charge is 0.389 e. The summed E-state index contributed by atoms with van der Waals surface area (Å²) in [4.78, 5) is 10.6. The number of aromatic nitrogens is 1. The van der Waals surface area contributed by atoms with Gasteiger partial charge in [0.05, 0.1) is 6.92 Å². The van der Waals surface area contributed by atoms with Crippen LogP contribution in [-0.2, 0) is 0 Å². The summed E-state index contributed by atoms with van der Waals surface area (Å²) in [6.45, 7) is 1.53. The summed E-state index contributed by atoms with van der Waals surface area (Å²) < 4.78 is 1.53. The van der Waals surface area contributed by atoms with E-state index in [1.54, 1.807) is 12.4 Å². The van der Waals surface area contributed by atoms with Crippen molar-refractivity contribution >= 4 is 22.9 Å². The molecule has 70 valence electrons. The van der Waals surface area contributed by atoms with Crippen LogP contribution >= 0.6 is 17.0 Å². The Bertz CT molecular complexity index is 216. The predicted octanol–water partition coefficient (Wildman–Crippen LogP) is -1.62. The zero-order valence-electron chi connectivity index (χ0n) is 6.74. The molecule has 0 unspecified atom stereocenters. The first kappa shape index (κ1) is 17.7. The summed E-state index contributed by atoms with van der Waals surface area (Å²) >= 11 is 0. The molecular weight excluding hydrogens is 288 g/mol. The van der Waals surface area contributed by atoms with Crippen LogP contribution in [0.3, 0.4) is 0 Å². The van der Waals surface area contributed by atoms with Gasteiger partial charge in [-0.3, -0.25) is 0 Å². The molecule has 0 fully saturated rings. The number of hydrogen-bond donors (Lipinski definition) is 1. The first-order valence-electron chi connectivity index (χ1n) is 2.78. The molecule has 0 radical (unpaired) electrons. The van der Waals surface area contributed by atoms with Crippen LogP contribution in [0.15, 0.2) is 30.6 Å². The fourth-order valence-corrected chi connectivity index (χ4v) is 0.609. The van der Waals surface area contributed by atoms with Crippen molar-refractivity contribution < 1.29 is 26.3 Å². The molecular formula is C7H12Br2N2O. The minimum atomic E-state index is 0. The molecule has 0 atom stereocenters. The molecule has 1 aromatic heterocycles. The normalized spacial score (nSPS) is 6.75. The molecule has 0 aliphatic rings. The Labute approximate surface area is 92.9 Å². The lowest BCUT2D eigenvalue weighted by atomic mass is 10.5. The van der Waals surface area contributed by atoms with Crippen molar-refractivity contribution in [3.05, 3.63) is 30.6 Å². The second kappa shape index (κ2) is 8.83. The zero-order valence-corrected chi connectivity index (χ0v) is 10.0. The second-order valence-electron chi connectivity index (χ2n) is 1.80. The van der Waals surface area contributed by atoms with E-state index >= 15 is 0 Å². The van der Waals surface area contributed by atoms with E-state index in [9.17, 15) is 4.79 Å². The third kappa shape index (κ3) is 5.40. The van der Waals surface area contributed by atoms with Gasteiger partial charge in [0.25, 0.3) is 0 Å². The van der Waals surface area contributed by atoms with Crippen molar-refractivity contribution in [2.45, 2.75) is 6.92 Å². The van der Waals surface area contributed by atoms with Gasteiger partial charge >= 0.3 is 5.91 Å². The van der Waals surface area contributed by atoms with E-state index in [-0.39, 0.29) is 46.0 Å². The lowest BCUT2D eigenvalue weighted by molar-refractivity contribution is -0.572. The summed E-state index contributed by atoms with van der Waals surface area (Å²) in [5, 5.41) is 0. The fourth-order valence-electron chi connectivity index (χ4n) is 0.609. The summed E-state index contributed by atoms with van der Waals surface area (Å²) in [5.74, 6) is 0.0376. The summed E-state index contributed by atoms with van der Waals surface area (Å²) in [6.07, 6.45) is 3.45. The van der Waals surface area contributed by atoms with Crippen LogP contribution in [0.25, 0.3) is 0 Å². The van der Waals surface area contributed by atoms with Gasteiger partial charge in [0.15, 0.2) is 12.4 Å². The SMILES string of the molecule is Br.CC(=O)[n+]1ccccc1.N.[Br-]. The molecule has 0 bridgehead atoms. The highest BCUT2D eigenvalue weighted by atomic mass is 79.9. The largest absolute Gasteiger partial charge is 1.00 e. The van der Waals surface area contributed by atoms with E-state index in [0.717, 1.165) is 0 Å². The molecule has 0 saturated heterocycles. The van der Waals surface area contributed by atoms with Crippen molar-refractivity contribution in [2.24, 2.45) is 0 Å².